The summed E-state index contributed by atoms with van der Waals surface area (Å²) in [4.78, 5) is 12.1. The molecule has 0 aromatic heterocycles. The first-order chi connectivity index (χ1) is 7.50. The van der Waals surface area contributed by atoms with Gasteiger partial charge in [0, 0.05) is 12.3 Å². The fourth-order valence-electron chi connectivity index (χ4n) is 2.04. The van der Waals surface area contributed by atoms with Crippen molar-refractivity contribution >= 4 is 5.78 Å². The first-order valence-corrected chi connectivity index (χ1v) is 6.00. The number of hydrogen-bond donors (Lipinski definition) is 0. The van der Waals surface area contributed by atoms with Gasteiger partial charge in [0.15, 0.2) is 0 Å². The predicted molar refractivity (Wildman–Crippen MR) is 69.3 cm³/mol. The van der Waals surface area contributed by atoms with Crippen LogP contribution in [-0.2, 0) is 4.79 Å². The minimum atomic E-state index is 0.0106. The van der Waals surface area contributed by atoms with E-state index in [1.165, 1.54) is 11.1 Å². The fourth-order valence-corrected chi connectivity index (χ4v) is 2.04. The molecule has 16 heavy (non-hydrogen) atoms. The molecule has 0 saturated heterocycles. The van der Waals surface area contributed by atoms with Gasteiger partial charge in [0.1, 0.15) is 5.78 Å². The van der Waals surface area contributed by atoms with Crippen molar-refractivity contribution in [2.75, 3.05) is 0 Å². The lowest BCUT2D eigenvalue weighted by molar-refractivity contribution is -0.121. The number of hydrogen-bond acceptors (Lipinski definition) is 1. The van der Waals surface area contributed by atoms with E-state index < -0.39 is 0 Å². The summed E-state index contributed by atoms with van der Waals surface area (Å²) in [5, 5.41) is 0. The molecule has 0 unspecified atom stereocenters. The van der Waals surface area contributed by atoms with Gasteiger partial charge in [0.05, 0.1) is 0 Å². The molecule has 0 bridgehead atoms. The number of carbonyl (C=O) groups excluding carboxylic acids is 1. The lowest BCUT2D eigenvalue weighted by Gasteiger charge is -2.16. The molecule has 0 radical (unpaired) electrons. The van der Waals surface area contributed by atoms with Gasteiger partial charge in [-0.3, -0.25) is 4.79 Å². The molecule has 0 amide bonds. The van der Waals surface area contributed by atoms with Crippen LogP contribution >= 0.6 is 0 Å². The van der Waals surface area contributed by atoms with Gasteiger partial charge in [0.25, 0.3) is 0 Å². The van der Waals surface area contributed by atoms with Crippen LogP contribution in [0.4, 0.5) is 0 Å². The summed E-state index contributed by atoms with van der Waals surface area (Å²) in [5.41, 5.74) is 3.57. The van der Waals surface area contributed by atoms with E-state index in [1.807, 2.05) is 13.8 Å². The van der Waals surface area contributed by atoms with Crippen LogP contribution in [0.3, 0.4) is 0 Å². The van der Waals surface area contributed by atoms with Crippen LogP contribution in [0.1, 0.15) is 46.5 Å². The largest absolute Gasteiger partial charge is 0.299 e. The van der Waals surface area contributed by atoms with Gasteiger partial charge in [-0.1, -0.05) is 35.5 Å². The first-order valence-electron chi connectivity index (χ1n) is 6.00. The standard InChI is InChI=1S/C15H22O/c1-11(2)14-9-8-12(3)6-5-7-13(4)10-15(14)16/h7-8,14H,1,5-6,9-10H2,2-4H3/b12-8+,13-7-/t14-/m1/s1. The average Bonchev–Trinajstić information content (AvgIpc) is 2.16. The molecule has 0 saturated carbocycles. The zero-order valence-electron chi connectivity index (χ0n) is 10.7. The van der Waals surface area contributed by atoms with Gasteiger partial charge in [-0.25, -0.2) is 0 Å². The SMILES string of the molecule is C=C(C)[C@H]1C/C=C(\C)CC/C=C(/C)CC1=O. The first kappa shape index (κ1) is 13.0. The van der Waals surface area contributed by atoms with Crippen molar-refractivity contribution in [3.8, 4) is 0 Å². The van der Waals surface area contributed by atoms with Crippen molar-refractivity contribution in [2.24, 2.45) is 5.92 Å². The van der Waals surface area contributed by atoms with Crippen LogP contribution in [0.25, 0.3) is 0 Å². The monoisotopic (exact) mass is 218 g/mol. The zero-order valence-corrected chi connectivity index (χ0v) is 10.7. The van der Waals surface area contributed by atoms with E-state index in [0.717, 1.165) is 24.8 Å². The van der Waals surface area contributed by atoms with E-state index in [2.05, 4.69) is 25.7 Å². The Morgan fingerprint density at radius 3 is 2.62 bits per heavy atom. The molecule has 0 fully saturated rings. The second-order valence-electron chi connectivity index (χ2n) is 4.92. The van der Waals surface area contributed by atoms with E-state index in [9.17, 15) is 4.79 Å². The number of carbonyl (C=O) groups is 1. The molecular weight excluding hydrogens is 196 g/mol. The molecule has 88 valence electrons. The molecular formula is C15H22O. The molecule has 1 rings (SSSR count). The Bertz CT molecular complexity index is 344. The Kier molecular flexibility index (Phi) is 4.72. The van der Waals surface area contributed by atoms with Crippen LogP contribution in [0.15, 0.2) is 35.5 Å². The Morgan fingerprint density at radius 1 is 1.31 bits per heavy atom. The smallest absolute Gasteiger partial charge is 0.144 e. The van der Waals surface area contributed by atoms with Crippen molar-refractivity contribution in [1.29, 1.82) is 0 Å². The lowest BCUT2D eigenvalue weighted by atomic mass is 9.88. The van der Waals surface area contributed by atoms with E-state index >= 15 is 0 Å². The van der Waals surface area contributed by atoms with Crippen molar-refractivity contribution in [2.45, 2.75) is 46.5 Å². The van der Waals surface area contributed by atoms with Crippen molar-refractivity contribution in [3.63, 3.8) is 0 Å². The minimum Gasteiger partial charge on any atom is -0.299 e. The van der Waals surface area contributed by atoms with Crippen LogP contribution in [-0.4, -0.2) is 5.78 Å². The molecule has 1 atom stereocenters. The molecule has 0 spiro atoms. The van der Waals surface area contributed by atoms with E-state index in [1.54, 1.807) is 0 Å². The molecule has 0 aromatic carbocycles. The highest BCUT2D eigenvalue weighted by molar-refractivity contribution is 5.85. The maximum Gasteiger partial charge on any atom is 0.144 e. The molecule has 0 aromatic rings. The Balaban J connectivity index is 2.89. The van der Waals surface area contributed by atoms with Gasteiger partial charge in [0.2, 0.25) is 0 Å². The molecule has 0 aliphatic heterocycles. The quantitative estimate of drug-likeness (QED) is 0.602. The summed E-state index contributed by atoms with van der Waals surface area (Å²) in [7, 11) is 0. The van der Waals surface area contributed by atoms with Gasteiger partial charge >= 0.3 is 0 Å². The molecule has 1 heteroatoms. The minimum absolute atomic E-state index is 0.0106. The summed E-state index contributed by atoms with van der Waals surface area (Å²) in [6.07, 6.45) is 7.97. The summed E-state index contributed by atoms with van der Waals surface area (Å²) >= 11 is 0. The average molecular weight is 218 g/mol. The van der Waals surface area contributed by atoms with E-state index in [0.29, 0.717) is 12.2 Å². The maximum absolute atomic E-state index is 12.1. The maximum atomic E-state index is 12.1. The third-order valence-electron chi connectivity index (χ3n) is 3.17. The Hall–Kier alpha value is -1.11. The van der Waals surface area contributed by atoms with Crippen molar-refractivity contribution in [1.82, 2.24) is 0 Å². The molecule has 1 aliphatic rings. The molecule has 1 nitrogen and oxygen atoms in total. The second-order valence-corrected chi connectivity index (χ2v) is 4.92. The van der Waals surface area contributed by atoms with Gasteiger partial charge in [-0.2, -0.15) is 0 Å². The number of Topliss-reactive ketones (excluding diaryl/α,β-unsaturated/α-hetero) is 1. The highest BCUT2D eigenvalue weighted by Gasteiger charge is 2.18. The number of rotatable bonds is 1. The Labute approximate surface area is 98.9 Å². The van der Waals surface area contributed by atoms with E-state index in [4.69, 9.17) is 0 Å². The van der Waals surface area contributed by atoms with Gasteiger partial charge < -0.3 is 0 Å². The van der Waals surface area contributed by atoms with Crippen LogP contribution < -0.4 is 0 Å². The predicted octanol–water partition coefficient (Wildman–Crippen LogP) is 4.21. The Morgan fingerprint density at radius 2 is 2.00 bits per heavy atom. The molecule has 0 heterocycles. The molecule has 0 N–H and O–H groups in total. The zero-order chi connectivity index (χ0) is 12.1. The topological polar surface area (TPSA) is 17.1 Å². The van der Waals surface area contributed by atoms with Crippen LogP contribution in [0.5, 0.6) is 0 Å². The van der Waals surface area contributed by atoms with E-state index in [-0.39, 0.29) is 5.92 Å². The molecule has 1 aliphatic carbocycles. The van der Waals surface area contributed by atoms with Crippen molar-refractivity contribution < 1.29 is 4.79 Å². The number of ketones is 1. The van der Waals surface area contributed by atoms with Crippen LogP contribution in [0.2, 0.25) is 0 Å². The normalized spacial score (nSPS) is 29.9. The van der Waals surface area contributed by atoms with Crippen LogP contribution in [0, 0.1) is 5.92 Å². The third-order valence-corrected chi connectivity index (χ3v) is 3.17. The highest BCUT2D eigenvalue weighted by Crippen LogP contribution is 2.22. The van der Waals surface area contributed by atoms with Gasteiger partial charge in [-0.05, 0) is 40.0 Å². The summed E-state index contributed by atoms with van der Waals surface area (Å²) in [5.74, 6) is 0.323. The fraction of sp³-hybridized carbons (Fsp3) is 0.533. The highest BCUT2D eigenvalue weighted by atomic mass is 16.1. The second kappa shape index (κ2) is 5.83. The summed E-state index contributed by atoms with van der Waals surface area (Å²) < 4.78 is 0. The summed E-state index contributed by atoms with van der Waals surface area (Å²) in [6, 6.07) is 0. The van der Waals surface area contributed by atoms with Gasteiger partial charge in [-0.15, -0.1) is 0 Å². The third kappa shape index (κ3) is 3.80. The van der Waals surface area contributed by atoms with Crippen molar-refractivity contribution in [3.05, 3.63) is 35.5 Å². The summed E-state index contributed by atoms with van der Waals surface area (Å²) in [6.45, 7) is 10.1. The number of allylic oxidation sites excluding steroid dienone is 5. The lowest BCUT2D eigenvalue weighted by Crippen LogP contribution is -2.15.